The molecule has 0 saturated heterocycles. The van der Waals surface area contributed by atoms with Gasteiger partial charge in [0.05, 0.1) is 0 Å². The number of hydrogen-bond donors (Lipinski definition) is 1. The molecule has 0 aromatic carbocycles. The Labute approximate surface area is 86.6 Å². The second kappa shape index (κ2) is 10.2. The molecule has 2 nitrogen and oxygen atoms in total. The Balaban J connectivity index is -0.0000000800. The number of carboxylic acids is 1. The van der Waals surface area contributed by atoms with Crippen LogP contribution in [0.5, 0.6) is 0 Å². The van der Waals surface area contributed by atoms with Gasteiger partial charge in [-0.2, -0.15) is 0 Å². The van der Waals surface area contributed by atoms with Crippen molar-refractivity contribution in [2.75, 3.05) is 0 Å². The van der Waals surface area contributed by atoms with E-state index in [2.05, 4.69) is 6.58 Å². The first-order valence-electron chi connectivity index (χ1n) is 1.12. The van der Waals surface area contributed by atoms with E-state index in [1.165, 1.54) is 0 Å². The van der Waals surface area contributed by atoms with Crippen LogP contribution in [0.25, 0.3) is 0 Å². The van der Waals surface area contributed by atoms with Crippen LogP contribution < -0.4 is 0 Å². The van der Waals surface area contributed by atoms with Gasteiger partial charge in [-0.1, -0.05) is 6.58 Å². The monoisotopic (exact) mass is 120 g/mol. The van der Waals surface area contributed by atoms with Crippen molar-refractivity contribution in [1.29, 1.82) is 0 Å². The molecule has 4 heteroatoms. The van der Waals surface area contributed by atoms with Gasteiger partial charge in [-0.15, -0.1) is 0 Å². The third-order valence-corrected chi connectivity index (χ3v) is 0.175. The van der Waals surface area contributed by atoms with Gasteiger partial charge >= 0.3 is 65.1 Å². The van der Waals surface area contributed by atoms with E-state index in [9.17, 15) is 4.79 Å². The number of carboxylic acid groups (broad SMARTS) is 1. The molecule has 0 fully saturated rings. The van der Waals surface area contributed by atoms with Gasteiger partial charge in [0.2, 0.25) is 0 Å². The third-order valence-electron chi connectivity index (χ3n) is 0.175. The SMILES string of the molecule is C=CC(=O)O.[NaH].[NaH]. The standard InChI is InChI=1S/C3H4O2.2Na.2H/c1-2-3(4)5;;;;/h2H,1H2,(H,4,5);;;;. The van der Waals surface area contributed by atoms with Crippen LogP contribution in [-0.4, -0.2) is 70.2 Å². The van der Waals surface area contributed by atoms with Gasteiger partial charge in [0.1, 0.15) is 0 Å². The molecule has 0 spiro atoms. The van der Waals surface area contributed by atoms with Crippen molar-refractivity contribution in [3.05, 3.63) is 12.7 Å². The van der Waals surface area contributed by atoms with Crippen molar-refractivity contribution in [3.63, 3.8) is 0 Å². The van der Waals surface area contributed by atoms with E-state index < -0.39 is 5.97 Å². The Hall–Kier alpha value is 1.21. The van der Waals surface area contributed by atoms with Gasteiger partial charge in [-0.05, 0) is 0 Å². The minimum absolute atomic E-state index is 0. The van der Waals surface area contributed by atoms with Gasteiger partial charge in [0.25, 0.3) is 0 Å². The van der Waals surface area contributed by atoms with Crippen LogP contribution in [0.1, 0.15) is 0 Å². The molecule has 0 atom stereocenters. The van der Waals surface area contributed by atoms with Crippen LogP contribution in [0.15, 0.2) is 12.7 Å². The van der Waals surface area contributed by atoms with Gasteiger partial charge in [0.15, 0.2) is 0 Å². The van der Waals surface area contributed by atoms with Crippen molar-refractivity contribution in [3.8, 4) is 0 Å². The summed E-state index contributed by atoms with van der Waals surface area (Å²) in [5.41, 5.74) is 0. The fourth-order valence-electron chi connectivity index (χ4n) is 0. The summed E-state index contributed by atoms with van der Waals surface area (Å²) in [7, 11) is 0. The molecule has 0 aliphatic heterocycles. The normalized spacial score (nSPS) is 4.57. The van der Waals surface area contributed by atoms with Crippen molar-refractivity contribution < 1.29 is 9.90 Å². The summed E-state index contributed by atoms with van der Waals surface area (Å²) in [5, 5.41) is 7.60. The van der Waals surface area contributed by atoms with E-state index >= 15 is 0 Å². The minimum atomic E-state index is -0.981. The topological polar surface area (TPSA) is 37.3 Å². The van der Waals surface area contributed by atoms with E-state index in [4.69, 9.17) is 5.11 Å². The molecule has 1 N–H and O–H groups in total. The van der Waals surface area contributed by atoms with E-state index in [0.717, 1.165) is 6.08 Å². The number of carbonyl (C=O) groups is 1. The molecule has 0 rings (SSSR count). The molecule has 0 aromatic rings. The first kappa shape index (κ1) is 15.7. The molecule has 0 heterocycles. The van der Waals surface area contributed by atoms with Crippen LogP contribution in [0, 0.1) is 0 Å². The Morgan fingerprint density at radius 2 is 1.71 bits per heavy atom. The molecule has 0 aliphatic rings. The summed E-state index contributed by atoms with van der Waals surface area (Å²) in [5.74, 6) is -0.981. The Morgan fingerprint density at radius 1 is 1.57 bits per heavy atom. The van der Waals surface area contributed by atoms with Crippen LogP contribution in [-0.2, 0) is 4.79 Å². The first-order valence-corrected chi connectivity index (χ1v) is 1.12. The van der Waals surface area contributed by atoms with Crippen LogP contribution in [0.2, 0.25) is 0 Å². The summed E-state index contributed by atoms with van der Waals surface area (Å²) < 4.78 is 0. The molecule has 0 saturated carbocycles. The Bertz CT molecular complexity index is 62.0. The number of hydrogen-bond acceptors (Lipinski definition) is 1. The van der Waals surface area contributed by atoms with Gasteiger partial charge in [-0.25, -0.2) is 4.79 Å². The molecule has 0 aromatic heterocycles. The van der Waals surface area contributed by atoms with Crippen molar-refractivity contribution in [2.24, 2.45) is 0 Å². The van der Waals surface area contributed by atoms with Crippen LogP contribution in [0.4, 0.5) is 0 Å². The first-order chi connectivity index (χ1) is 2.27. The quantitative estimate of drug-likeness (QED) is 0.354. The van der Waals surface area contributed by atoms with Gasteiger partial charge in [0, 0.05) is 6.08 Å². The van der Waals surface area contributed by atoms with E-state index in [1.807, 2.05) is 0 Å². The van der Waals surface area contributed by atoms with E-state index in [0.29, 0.717) is 0 Å². The zero-order chi connectivity index (χ0) is 4.28. The summed E-state index contributed by atoms with van der Waals surface area (Å²) in [6.45, 7) is 2.96. The molecule has 0 unspecified atom stereocenters. The zero-order valence-corrected chi connectivity index (χ0v) is 2.64. The summed E-state index contributed by atoms with van der Waals surface area (Å²) in [4.78, 5) is 9.25. The predicted octanol–water partition coefficient (Wildman–Crippen LogP) is -1.04. The fourth-order valence-corrected chi connectivity index (χ4v) is 0. The molecule has 7 heavy (non-hydrogen) atoms. The Kier molecular flexibility index (Phi) is 23.0. The van der Waals surface area contributed by atoms with Gasteiger partial charge < -0.3 is 5.11 Å². The fraction of sp³-hybridized carbons (Fsp3) is 0. The van der Waals surface area contributed by atoms with Crippen LogP contribution >= 0.6 is 0 Å². The zero-order valence-electron chi connectivity index (χ0n) is 2.64. The number of rotatable bonds is 1. The molecule has 32 valence electrons. The maximum atomic E-state index is 9.25. The van der Waals surface area contributed by atoms with Crippen molar-refractivity contribution in [1.82, 2.24) is 0 Å². The Morgan fingerprint density at radius 3 is 1.71 bits per heavy atom. The second-order valence-corrected chi connectivity index (χ2v) is 0.542. The number of aliphatic carboxylic acids is 1. The van der Waals surface area contributed by atoms with E-state index in [-0.39, 0.29) is 59.1 Å². The second-order valence-electron chi connectivity index (χ2n) is 0.542. The maximum absolute atomic E-state index is 9.25. The molecule has 0 bridgehead atoms. The summed E-state index contributed by atoms with van der Waals surface area (Å²) in [6, 6.07) is 0. The summed E-state index contributed by atoms with van der Waals surface area (Å²) in [6.07, 6.45) is 0.833. The van der Waals surface area contributed by atoms with Gasteiger partial charge in [-0.3, -0.25) is 0 Å². The predicted molar refractivity (Wildman–Crippen MR) is 32.1 cm³/mol. The van der Waals surface area contributed by atoms with Crippen molar-refractivity contribution >= 4 is 65.1 Å². The summed E-state index contributed by atoms with van der Waals surface area (Å²) >= 11 is 0. The molecule has 0 radical (unpaired) electrons. The molecular formula is C3H6Na2O2. The van der Waals surface area contributed by atoms with Crippen LogP contribution in [0.3, 0.4) is 0 Å². The van der Waals surface area contributed by atoms with E-state index in [1.54, 1.807) is 0 Å². The molecular weight excluding hydrogens is 114 g/mol. The third kappa shape index (κ3) is 19.0. The average Bonchev–Trinajstić information content (AvgIpc) is 1.38. The molecule has 0 aliphatic carbocycles. The average molecular weight is 120 g/mol. The van der Waals surface area contributed by atoms with Crippen molar-refractivity contribution in [2.45, 2.75) is 0 Å². The molecule has 0 amide bonds.